The van der Waals surface area contributed by atoms with E-state index in [-0.39, 0.29) is 17.5 Å². The average Bonchev–Trinajstić information content (AvgIpc) is 2.42. The number of anilines is 1. The van der Waals surface area contributed by atoms with Crippen molar-refractivity contribution >= 4 is 34.8 Å². The Morgan fingerprint density at radius 3 is 2.45 bits per heavy atom. The molecule has 4 nitrogen and oxygen atoms in total. The Bertz CT molecular complexity index is 627. The van der Waals surface area contributed by atoms with Crippen LogP contribution < -0.4 is 5.32 Å². The Labute approximate surface area is 127 Å². The molecule has 0 saturated heterocycles. The van der Waals surface area contributed by atoms with Crippen molar-refractivity contribution in [2.45, 2.75) is 19.8 Å². The van der Waals surface area contributed by atoms with Gasteiger partial charge < -0.3 is 5.32 Å². The SMILES string of the molecule is CC(C)c1ccc(C(=O)Nc2ccc(Cl)cc2Cl)nn1. The second kappa shape index (κ2) is 6.20. The first kappa shape index (κ1) is 14.8. The summed E-state index contributed by atoms with van der Waals surface area (Å²) >= 11 is 11.8. The second-order valence-corrected chi connectivity index (χ2v) is 5.42. The molecule has 6 heteroatoms. The Balaban J connectivity index is 2.15. The van der Waals surface area contributed by atoms with E-state index in [1.807, 2.05) is 13.8 Å². The van der Waals surface area contributed by atoms with Crippen LogP contribution in [0.4, 0.5) is 5.69 Å². The Morgan fingerprint density at radius 2 is 1.90 bits per heavy atom. The molecule has 0 aliphatic heterocycles. The van der Waals surface area contributed by atoms with Crippen LogP contribution in [0.2, 0.25) is 10.0 Å². The van der Waals surface area contributed by atoms with E-state index in [1.54, 1.807) is 30.3 Å². The zero-order chi connectivity index (χ0) is 14.7. The summed E-state index contributed by atoms with van der Waals surface area (Å²) in [6, 6.07) is 8.28. The maximum Gasteiger partial charge on any atom is 0.276 e. The number of aromatic nitrogens is 2. The van der Waals surface area contributed by atoms with Gasteiger partial charge >= 0.3 is 0 Å². The summed E-state index contributed by atoms with van der Waals surface area (Å²) in [5, 5.41) is 11.5. The summed E-state index contributed by atoms with van der Waals surface area (Å²) in [6.45, 7) is 4.02. The smallest absolute Gasteiger partial charge is 0.276 e. The van der Waals surface area contributed by atoms with Gasteiger partial charge in [0.1, 0.15) is 0 Å². The molecule has 0 aliphatic carbocycles. The van der Waals surface area contributed by atoms with Gasteiger partial charge in [0.05, 0.1) is 16.4 Å². The minimum Gasteiger partial charge on any atom is -0.319 e. The molecule has 0 spiro atoms. The Kier molecular flexibility index (Phi) is 4.57. The molecule has 1 N–H and O–H groups in total. The largest absolute Gasteiger partial charge is 0.319 e. The third kappa shape index (κ3) is 3.46. The fourth-order valence-electron chi connectivity index (χ4n) is 1.55. The molecular weight excluding hydrogens is 297 g/mol. The van der Waals surface area contributed by atoms with E-state index >= 15 is 0 Å². The van der Waals surface area contributed by atoms with E-state index in [2.05, 4.69) is 15.5 Å². The molecule has 20 heavy (non-hydrogen) atoms. The Hall–Kier alpha value is -1.65. The molecule has 2 aromatic rings. The maximum atomic E-state index is 12.0. The molecule has 1 aromatic heterocycles. The van der Waals surface area contributed by atoms with Crippen LogP contribution in [0.25, 0.3) is 0 Å². The van der Waals surface area contributed by atoms with Gasteiger partial charge in [0.2, 0.25) is 0 Å². The molecule has 0 unspecified atom stereocenters. The van der Waals surface area contributed by atoms with Crippen molar-refractivity contribution in [1.82, 2.24) is 10.2 Å². The standard InChI is InChI=1S/C14H13Cl2N3O/c1-8(2)11-5-6-13(19-18-11)14(20)17-12-4-3-9(15)7-10(12)16/h3-8H,1-2H3,(H,17,20). The Morgan fingerprint density at radius 1 is 1.15 bits per heavy atom. The van der Waals surface area contributed by atoms with E-state index in [0.29, 0.717) is 15.7 Å². The van der Waals surface area contributed by atoms with Gasteiger partial charge in [-0.05, 0) is 36.2 Å². The molecule has 0 saturated carbocycles. The van der Waals surface area contributed by atoms with E-state index in [0.717, 1.165) is 5.69 Å². The minimum absolute atomic E-state index is 0.236. The maximum absolute atomic E-state index is 12.0. The zero-order valence-corrected chi connectivity index (χ0v) is 12.5. The van der Waals surface area contributed by atoms with Crippen LogP contribution in [0.3, 0.4) is 0 Å². The summed E-state index contributed by atoms with van der Waals surface area (Å²) in [5.74, 6) is -0.0950. The van der Waals surface area contributed by atoms with Crippen LogP contribution in [0, 0.1) is 0 Å². The number of hydrogen-bond acceptors (Lipinski definition) is 3. The molecule has 0 bridgehead atoms. The van der Waals surface area contributed by atoms with Crippen molar-refractivity contribution in [3.8, 4) is 0 Å². The third-order valence-electron chi connectivity index (χ3n) is 2.69. The number of nitrogens with one attached hydrogen (secondary N) is 1. The molecule has 0 fully saturated rings. The molecule has 1 heterocycles. The summed E-state index contributed by atoms with van der Waals surface area (Å²) in [5.41, 5.74) is 1.56. The number of halogens is 2. The summed E-state index contributed by atoms with van der Waals surface area (Å²) in [4.78, 5) is 12.0. The van der Waals surface area contributed by atoms with Crippen LogP contribution in [0.1, 0.15) is 35.9 Å². The van der Waals surface area contributed by atoms with Crippen LogP contribution in [-0.2, 0) is 0 Å². The van der Waals surface area contributed by atoms with Crippen molar-refractivity contribution in [3.05, 3.63) is 51.8 Å². The van der Waals surface area contributed by atoms with Gasteiger partial charge in [-0.1, -0.05) is 37.0 Å². The van der Waals surface area contributed by atoms with Gasteiger partial charge in [0.15, 0.2) is 5.69 Å². The van der Waals surface area contributed by atoms with E-state index < -0.39 is 0 Å². The molecule has 104 valence electrons. The molecule has 1 amide bonds. The molecule has 0 radical (unpaired) electrons. The first-order chi connectivity index (χ1) is 9.47. The van der Waals surface area contributed by atoms with Crippen LogP contribution in [0.15, 0.2) is 30.3 Å². The van der Waals surface area contributed by atoms with Gasteiger partial charge in [-0.25, -0.2) is 0 Å². The molecule has 0 aliphatic rings. The van der Waals surface area contributed by atoms with Gasteiger partial charge in [0, 0.05) is 5.02 Å². The van der Waals surface area contributed by atoms with Crippen molar-refractivity contribution in [2.24, 2.45) is 0 Å². The fourth-order valence-corrected chi connectivity index (χ4v) is 2.00. The van der Waals surface area contributed by atoms with Crippen molar-refractivity contribution in [1.29, 1.82) is 0 Å². The van der Waals surface area contributed by atoms with Crippen LogP contribution in [-0.4, -0.2) is 16.1 Å². The van der Waals surface area contributed by atoms with Gasteiger partial charge in [0.25, 0.3) is 5.91 Å². The van der Waals surface area contributed by atoms with Gasteiger partial charge in [-0.15, -0.1) is 5.10 Å². The number of nitrogens with zero attached hydrogens (tertiary/aromatic N) is 2. The predicted octanol–water partition coefficient (Wildman–Crippen LogP) is 4.16. The van der Waals surface area contributed by atoms with Gasteiger partial charge in [-0.2, -0.15) is 5.10 Å². The van der Waals surface area contributed by atoms with Crippen LogP contribution >= 0.6 is 23.2 Å². The number of rotatable bonds is 3. The number of benzene rings is 1. The normalized spacial score (nSPS) is 10.7. The highest BCUT2D eigenvalue weighted by Crippen LogP contribution is 2.25. The van der Waals surface area contributed by atoms with Crippen molar-refractivity contribution in [3.63, 3.8) is 0 Å². The molecule has 2 rings (SSSR count). The highest BCUT2D eigenvalue weighted by molar-refractivity contribution is 6.36. The topological polar surface area (TPSA) is 54.9 Å². The lowest BCUT2D eigenvalue weighted by Gasteiger charge is -2.07. The third-order valence-corrected chi connectivity index (χ3v) is 3.24. The lowest BCUT2D eigenvalue weighted by atomic mass is 10.1. The second-order valence-electron chi connectivity index (χ2n) is 4.58. The van der Waals surface area contributed by atoms with Crippen molar-refractivity contribution < 1.29 is 4.79 Å². The van der Waals surface area contributed by atoms with E-state index in [9.17, 15) is 4.79 Å². The van der Waals surface area contributed by atoms with Gasteiger partial charge in [-0.3, -0.25) is 4.79 Å². The first-order valence-electron chi connectivity index (χ1n) is 6.07. The molecule has 1 aromatic carbocycles. The quantitative estimate of drug-likeness (QED) is 0.926. The zero-order valence-electron chi connectivity index (χ0n) is 11.0. The summed E-state index contributed by atoms with van der Waals surface area (Å²) in [6.07, 6.45) is 0. The number of carbonyl (C=O) groups is 1. The highest BCUT2D eigenvalue weighted by Gasteiger charge is 2.11. The summed E-state index contributed by atoms with van der Waals surface area (Å²) < 4.78 is 0. The van der Waals surface area contributed by atoms with E-state index in [4.69, 9.17) is 23.2 Å². The van der Waals surface area contributed by atoms with E-state index in [1.165, 1.54) is 0 Å². The number of hydrogen-bond donors (Lipinski definition) is 1. The highest BCUT2D eigenvalue weighted by atomic mass is 35.5. The minimum atomic E-state index is -0.364. The first-order valence-corrected chi connectivity index (χ1v) is 6.83. The number of amides is 1. The lowest BCUT2D eigenvalue weighted by molar-refractivity contribution is 0.102. The van der Waals surface area contributed by atoms with Crippen LogP contribution in [0.5, 0.6) is 0 Å². The predicted molar refractivity (Wildman–Crippen MR) is 80.5 cm³/mol. The molecular formula is C14H13Cl2N3O. The fraction of sp³-hybridized carbons (Fsp3) is 0.214. The van der Waals surface area contributed by atoms with Crippen molar-refractivity contribution in [2.75, 3.05) is 5.32 Å². The summed E-state index contributed by atoms with van der Waals surface area (Å²) in [7, 11) is 0. The average molecular weight is 310 g/mol. The number of carbonyl (C=O) groups excluding carboxylic acids is 1. The lowest BCUT2D eigenvalue weighted by Crippen LogP contribution is -2.15. The monoisotopic (exact) mass is 309 g/mol. The molecule has 0 atom stereocenters.